The van der Waals surface area contributed by atoms with Crippen LogP contribution in [-0.4, -0.2) is 34.7 Å². The SMILES string of the molecule is O=C1CCCCC(CC(=O)N2CCC(c3c[nH]c4ccccc34)CC2)C1. The number of para-hydroxylation sites is 1. The van der Waals surface area contributed by atoms with E-state index < -0.39 is 0 Å². The third-order valence-corrected chi connectivity index (χ3v) is 6.21. The Hall–Kier alpha value is -2.10. The van der Waals surface area contributed by atoms with E-state index in [-0.39, 0.29) is 11.8 Å². The van der Waals surface area contributed by atoms with Crippen molar-refractivity contribution in [3.63, 3.8) is 0 Å². The molecule has 0 bridgehead atoms. The normalized spacial score (nSPS) is 22.5. The molecule has 2 heterocycles. The standard InChI is InChI=1S/C22H28N2O2/c25-18-6-2-1-5-16(13-18)14-22(26)24-11-9-17(10-12-24)20-15-23-21-8-4-3-7-19(20)21/h3-4,7-8,15-17,23H,1-2,5-6,9-14H2. The predicted octanol–water partition coefficient (Wildman–Crippen LogP) is 4.41. The van der Waals surface area contributed by atoms with Crippen molar-refractivity contribution in [3.8, 4) is 0 Å². The molecule has 4 nitrogen and oxygen atoms in total. The minimum absolute atomic E-state index is 0.252. The summed E-state index contributed by atoms with van der Waals surface area (Å²) in [7, 11) is 0. The highest BCUT2D eigenvalue weighted by Gasteiger charge is 2.28. The van der Waals surface area contributed by atoms with Crippen molar-refractivity contribution in [1.82, 2.24) is 9.88 Å². The van der Waals surface area contributed by atoms with Gasteiger partial charge in [-0.25, -0.2) is 0 Å². The minimum atomic E-state index is 0.252. The zero-order chi connectivity index (χ0) is 17.9. The second-order valence-electron chi connectivity index (χ2n) is 8.00. The summed E-state index contributed by atoms with van der Waals surface area (Å²) in [6.07, 6.45) is 9.19. The number of amides is 1. The fourth-order valence-corrected chi connectivity index (χ4v) is 4.70. The third-order valence-electron chi connectivity index (χ3n) is 6.21. The number of carbonyl (C=O) groups excluding carboxylic acids is 2. The topological polar surface area (TPSA) is 53.2 Å². The monoisotopic (exact) mass is 352 g/mol. The van der Waals surface area contributed by atoms with Crippen LogP contribution in [0.25, 0.3) is 10.9 Å². The van der Waals surface area contributed by atoms with Crippen molar-refractivity contribution in [1.29, 1.82) is 0 Å². The van der Waals surface area contributed by atoms with E-state index in [1.807, 2.05) is 4.90 Å². The molecule has 4 heteroatoms. The molecule has 0 spiro atoms. The van der Waals surface area contributed by atoms with Crippen molar-refractivity contribution in [2.45, 2.75) is 57.3 Å². The van der Waals surface area contributed by atoms with Crippen LogP contribution >= 0.6 is 0 Å². The number of aromatic amines is 1. The number of nitrogens with zero attached hydrogens (tertiary/aromatic N) is 1. The highest BCUT2D eigenvalue weighted by molar-refractivity contribution is 5.84. The van der Waals surface area contributed by atoms with Crippen molar-refractivity contribution in [2.75, 3.05) is 13.1 Å². The van der Waals surface area contributed by atoms with Crippen LogP contribution in [0.3, 0.4) is 0 Å². The van der Waals surface area contributed by atoms with E-state index in [9.17, 15) is 9.59 Å². The number of carbonyl (C=O) groups is 2. The smallest absolute Gasteiger partial charge is 0.222 e. The van der Waals surface area contributed by atoms with Gasteiger partial charge in [0.25, 0.3) is 0 Å². The lowest BCUT2D eigenvalue weighted by atomic mass is 9.88. The average molecular weight is 352 g/mol. The van der Waals surface area contributed by atoms with Crippen LogP contribution in [0.4, 0.5) is 0 Å². The molecular formula is C22H28N2O2. The molecule has 1 N–H and O–H groups in total. The van der Waals surface area contributed by atoms with Gasteiger partial charge >= 0.3 is 0 Å². The predicted molar refractivity (Wildman–Crippen MR) is 103 cm³/mol. The van der Waals surface area contributed by atoms with E-state index in [1.54, 1.807) is 0 Å². The zero-order valence-corrected chi connectivity index (χ0v) is 15.4. The summed E-state index contributed by atoms with van der Waals surface area (Å²) in [5.41, 5.74) is 2.58. The van der Waals surface area contributed by atoms with E-state index >= 15 is 0 Å². The van der Waals surface area contributed by atoms with Crippen molar-refractivity contribution >= 4 is 22.6 Å². The van der Waals surface area contributed by atoms with Gasteiger partial charge in [-0.05, 0) is 49.1 Å². The Morgan fingerprint density at radius 3 is 2.77 bits per heavy atom. The summed E-state index contributed by atoms with van der Waals surface area (Å²) in [5, 5.41) is 1.31. The summed E-state index contributed by atoms with van der Waals surface area (Å²) < 4.78 is 0. The van der Waals surface area contributed by atoms with E-state index in [0.29, 0.717) is 31.0 Å². The molecule has 1 saturated heterocycles. The number of hydrogen-bond acceptors (Lipinski definition) is 2. The number of hydrogen-bond donors (Lipinski definition) is 1. The van der Waals surface area contributed by atoms with E-state index in [2.05, 4.69) is 35.4 Å². The molecule has 2 fully saturated rings. The highest BCUT2D eigenvalue weighted by Crippen LogP contribution is 2.33. The molecule has 2 aliphatic rings. The van der Waals surface area contributed by atoms with Gasteiger partial charge in [0.05, 0.1) is 0 Å². The number of rotatable bonds is 3. The fraction of sp³-hybridized carbons (Fsp3) is 0.545. The van der Waals surface area contributed by atoms with Gasteiger partial charge in [-0.15, -0.1) is 0 Å². The summed E-state index contributed by atoms with van der Waals surface area (Å²) in [6.45, 7) is 1.67. The van der Waals surface area contributed by atoms with Crippen LogP contribution in [0.5, 0.6) is 0 Å². The van der Waals surface area contributed by atoms with E-state index in [4.69, 9.17) is 0 Å². The summed E-state index contributed by atoms with van der Waals surface area (Å²) in [5.74, 6) is 1.39. The molecule has 138 valence electrons. The van der Waals surface area contributed by atoms with Crippen LogP contribution in [0.1, 0.15) is 62.8 Å². The van der Waals surface area contributed by atoms with Crippen LogP contribution in [0.15, 0.2) is 30.5 Å². The van der Waals surface area contributed by atoms with Crippen molar-refractivity contribution < 1.29 is 9.59 Å². The second kappa shape index (κ2) is 7.65. The quantitative estimate of drug-likeness (QED) is 0.832. The maximum absolute atomic E-state index is 12.7. The number of likely N-dealkylation sites (tertiary alicyclic amines) is 1. The molecule has 1 amide bonds. The molecule has 1 atom stereocenters. The maximum atomic E-state index is 12.7. The van der Waals surface area contributed by atoms with Crippen LogP contribution in [-0.2, 0) is 9.59 Å². The van der Waals surface area contributed by atoms with Gasteiger partial charge in [0.1, 0.15) is 5.78 Å². The van der Waals surface area contributed by atoms with Crippen molar-refractivity contribution in [3.05, 3.63) is 36.0 Å². The molecule has 1 saturated carbocycles. The van der Waals surface area contributed by atoms with Crippen LogP contribution in [0.2, 0.25) is 0 Å². The molecule has 1 aliphatic heterocycles. The first-order chi connectivity index (χ1) is 12.7. The Labute approximate surface area is 155 Å². The molecular weight excluding hydrogens is 324 g/mol. The molecule has 0 radical (unpaired) electrons. The number of fused-ring (bicyclic) bond motifs is 1. The zero-order valence-electron chi connectivity index (χ0n) is 15.4. The van der Waals surface area contributed by atoms with E-state index in [0.717, 1.165) is 45.2 Å². The number of ketones is 1. The number of H-pyrrole nitrogens is 1. The van der Waals surface area contributed by atoms with Crippen molar-refractivity contribution in [2.24, 2.45) is 5.92 Å². The van der Waals surface area contributed by atoms with Gasteiger partial charge < -0.3 is 9.88 Å². The molecule has 1 aromatic heterocycles. The van der Waals surface area contributed by atoms with Crippen LogP contribution < -0.4 is 0 Å². The Morgan fingerprint density at radius 1 is 1.12 bits per heavy atom. The van der Waals surface area contributed by atoms with Gasteiger partial charge in [-0.3, -0.25) is 9.59 Å². The van der Waals surface area contributed by atoms with E-state index in [1.165, 1.54) is 16.5 Å². The molecule has 1 aromatic carbocycles. The fourth-order valence-electron chi connectivity index (χ4n) is 4.70. The number of benzene rings is 1. The number of aromatic nitrogens is 1. The molecule has 4 rings (SSSR count). The molecule has 26 heavy (non-hydrogen) atoms. The van der Waals surface area contributed by atoms with Gasteiger partial charge in [-0.1, -0.05) is 24.6 Å². The van der Waals surface area contributed by atoms with Gasteiger partial charge in [0.2, 0.25) is 5.91 Å². The molecule has 1 aliphatic carbocycles. The largest absolute Gasteiger partial charge is 0.361 e. The summed E-state index contributed by atoms with van der Waals surface area (Å²) in [6, 6.07) is 8.45. The lowest BCUT2D eigenvalue weighted by Crippen LogP contribution is -2.38. The maximum Gasteiger partial charge on any atom is 0.222 e. The Kier molecular flexibility index (Phi) is 5.09. The second-order valence-corrected chi connectivity index (χ2v) is 8.00. The minimum Gasteiger partial charge on any atom is -0.361 e. The van der Waals surface area contributed by atoms with Gasteiger partial charge in [0, 0.05) is 49.5 Å². The number of piperidine rings is 1. The van der Waals surface area contributed by atoms with Gasteiger partial charge in [-0.2, -0.15) is 0 Å². The number of nitrogens with one attached hydrogen (secondary N) is 1. The first-order valence-corrected chi connectivity index (χ1v) is 10.1. The Bertz CT molecular complexity index is 786. The Balaban J connectivity index is 1.34. The molecule has 2 aromatic rings. The third kappa shape index (κ3) is 3.69. The summed E-state index contributed by atoms with van der Waals surface area (Å²) >= 11 is 0. The average Bonchev–Trinajstić information content (AvgIpc) is 2.98. The lowest BCUT2D eigenvalue weighted by Gasteiger charge is -2.33. The molecule has 1 unspecified atom stereocenters. The first kappa shape index (κ1) is 17.3. The van der Waals surface area contributed by atoms with Gasteiger partial charge in [0.15, 0.2) is 0 Å². The number of Topliss-reactive ketones (excluding diaryl/α,β-unsaturated/α-hetero) is 1. The summed E-state index contributed by atoms with van der Waals surface area (Å²) in [4.78, 5) is 29.9. The lowest BCUT2D eigenvalue weighted by molar-refractivity contribution is -0.133. The van der Waals surface area contributed by atoms with Crippen LogP contribution in [0, 0.1) is 5.92 Å². The Morgan fingerprint density at radius 2 is 1.92 bits per heavy atom. The highest BCUT2D eigenvalue weighted by atomic mass is 16.2. The first-order valence-electron chi connectivity index (χ1n) is 10.1.